The number of carbonyl (C=O) groups is 1. The van der Waals surface area contributed by atoms with Gasteiger partial charge >= 0.3 is 6.61 Å². The van der Waals surface area contributed by atoms with E-state index in [9.17, 15) is 13.6 Å². The molecule has 1 aliphatic heterocycles. The van der Waals surface area contributed by atoms with E-state index >= 15 is 0 Å². The fourth-order valence-electron chi connectivity index (χ4n) is 1.83. The van der Waals surface area contributed by atoms with E-state index in [2.05, 4.69) is 15.4 Å². The van der Waals surface area contributed by atoms with Gasteiger partial charge in [-0.15, -0.1) is 12.4 Å². The number of ether oxygens (including phenoxy) is 2. The van der Waals surface area contributed by atoms with Gasteiger partial charge in [0, 0.05) is 31.1 Å². The highest BCUT2D eigenvalue weighted by Crippen LogP contribution is 2.29. The predicted octanol–water partition coefficient (Wildman–Crippen LogP) is 1.67. The fourth-order valence-corrected chi connectivity index (χ4v) is 1.83. The van der Waals surface area contributed by atoms with Gasteiger partial charge in [0.15, 0.2) is 11.5 Å². The van der Waals surface area contributed by atoms with Gasteiger partial charge in [0.25, 0.3) is 5.91 Å². The van der Waals surface area contributed by atoms with Crippen LogP contribution in [0.3, 0.4) is 0 Å². The molecule has 1 aromatic rings. The van der Waals surface area contributed by atoms with Gasteiger partial charge in [-0.2, -0.15) is 8.78 Å². The molecular weight excluding hydrogens is 306 g/mol. The Labute approximate surface area is 127 Å². The van der Waals surface area contributed by atoms with E-state index in [1.807, 2.05) is 0 Å². The van der Waals surface area contributed by atoms with Crippen LogP contribution in [0.2, 0.25) is 0 Å². The summed E-state index contributed by atoms with van der Waals surface area (Å²) in [6, 6.07) is 4.10. The molecule has 1 fully saturated rings. The number of benzene rings is 1. The lowest BCUT2D eigenvalue weighted by molar-refractivity contribution is -0.0512. The van der Waals surface area contributed by atoms with Gasteiger partial charge in [-0.3, -0.25) is 4.79 Å². The number of halogens is 3. The number of amides is 1. The first-order valence-electron chi connectivity index (χ1n) is 6.22. The minimum Gasteiger partial charge on any atom is -0.493 e. The maximum Gasteiger partial charge on any atom is 0.387 e. The van der Waals surface area contributed by atoms with Crippen LogP contribution in [0.1, 0.15) is 10.4 Å². The van der Waals surface area contributed by atoms with Gasteiger partial charge in [-0.05, 0) is 18.2 Å². The Balaban J connectivity index is 0.00000220. The summed E-state index contributed by atoms with van der Waals surface area (Å²) in [4.78, 5) is 11.9. The second-order valence-corrected chi connectivity index (χ2v) is 4.48. The molecule has 8 heteroatoms. The maximum absolute atomic E-state index is 12.2. The predicted molar refractivity (Wildman–Crippen MR) is 75.6 cm³/mol. The van der Waals surface area contributed by atoms with Crippen LogP contribution in [0.4, 0.5) is 8.78 Å². The number of alkyl halides is 2. The highest BCUT2D eigenvalue weighted by atomic mass is 35.5. The summed E-state index contributed by atoms with van der Waals surface area (Å²) >= 11 is 0. The van der Waals surface area contributed by atoms with Crippen molar-refractivity contribution in [3.05, 3.63) is 23.8 Å². The summed E-state index contributed by atoms with van der Waals surface area (Å²) in [5, 5.41) is 5.90. The van der Waals surface area contributed by atoms with E-state index in [-0.39, 0.29) is 29.8 Å². The van der Waals surface area contributed by atoms with E-state index in [4.69, 9.17) is 4.74 Å². The van der Waals surface area contributed by atoms with Crippen molar-refractivity contribution in [1.29, 1.82) is 0 Å². The van der Waals surface area contributed by atoms with Crippen molar-refractivity contribution in [2.45, 2.75) is 6.61 Å². The summed E-state index contributed by atoms with van der Waals surface area (Å²) in [5.74, 6) is 0.187. The fraction of sp³-hybridized carbons (Fsp3) is 0.462. The second-order valence-electron chi connectivity index (χ2n) is 4.48. The Morgan fingerprint density at radius 3 is 2.67 bits per heavy atom. The quantitative estimate of drug-likeness (QED) is 0.836. The molecule has 1 aromatic carbocycles. The van der Waals surface area contributed by atoms with Crippen LogP contribution in [0.15, 0.2) is 18.2 Å². The Hall–Kier alpha value is -1.60. The highest BCUT2D eigenvalue weighted by Gasteiger charge is 2.18. The van der Waals surface area contributed by atoms with E-state index in [0.29, 0.717) is 18.0 Å². The van der Waals surface area contributed by atoms with Gasteiger partial charge in [-0.25, -0.2) is 0 Å². The van der Waals surface area contributed by atoms with Gasteiger partial charge in [0.1, 0.15) is 0 Å². The molecule has 1 aliphatic rings. The third kappa shape index (κ3) is 4.71. The Bertz CT molecular complexity index is 484. The van der Waals surface area contributed by atoms with Gasteiger partial charge in [0.2, 0.25) is 0 Å². The molecule has 1 amide bonds. The molecule has 0 aromatic heterocycles. The molecule has 0 atom stereocenters. The average Bonchev–Trinajstić information content (AvgIpc) is 2.36. The summed E-state index contributed by atoms with van der Waals surface area (Å²) in [6.45, 7) is -0.561. The zero-order valence-electron chi connectivity index (χ0n) is 11.4. The van der Waals surface area contributed by atoms with Crippen molar-refractivity contribution in [2.24, 2.45) is 5.92 Å². The third-order valence-corrected chi connectivity index (χ3v) is 3.06. The van der Waals surface area contributed by atoms with Crippen LogP contribution in [-0.2, 0) is 0 Å². The molecule has 0 spiro atoms. The van der Waals surface area contributed by atoms with E-state index in [1.165, 1.54) is 25.3 Å². The molecule has 2 rings (SSSR count). The van der Waals surface area contributed by atoms with Gasteiger partial charge < -0.3 is 20.1 Å². The molecule has 2 N–H and O–H groups in total. The minimum absolute atomic E-state index is 0. The molecule has 5 nitrogen and oxygen atoms in total. The van der Waals surface area contributed by atoms with Crippen LogP contribution >= 0.6 is 12.4 Å². The van der Waals surface area contributed by atoms with Crippen LogP contribution < -0.4 is 20.1 Å². The number of nitrogens with one attached hydrogen (secondary N) is 2. The van der Waals surface area contributed by atoms with Crippen molar-refractivity contribution in [2.75, 3.05) is 26.7 Å². The molecular formula is C13H17ClF2N2O3. The molecule has 1 heterocycles. The maximum atomic E-state index is 12.2. The second kappa shape index (κ2) is 7.99. The Kier molecular flexibility index (Phi) is 6.64. The topological polar surface area (TPSA) is 59.6 Å². The van der Waals surface area contributed by atoms with E-state index in [0.717, 1.165) is 13.1 Å². The zero-order chi connectivity index (χ0) is 14.5. The minimum atomic E-state index is -2.94. The largest absolute Gasteiger partial charge is 0.493 e. The third-order valence-electron chi connectivity index (χ3n) is 3.06. The van der Waals surface area contributed by atoms with Crippen LogP contribution in [-0.4, -0.2) is 39.3 Å². The zero-order valence-corrected chi connectivity index (χ0v) is 12.2. The molecule has 0 unspecified atom stereocenters. The lowest BCUT2D eigenvalue weighted by atomic mass is 10.0. The summed E-state index contributed by atoms with van der Waals surface area (Å²) in [5.41, 5.74) is 0.343. The first kappa shape index (κ1) is 17.5. The monoisotopic (exact) mass is 322 g/mol. The number of hydrogen-bond acceptors (Lipinski definition) is 4. The van der Waals surface area contributed by atoms with E-state index < -0.39 is 6.61 Å². The van der Waals surface area contributed by atoms with Crippen molar-refractivity contribution in [1.82, 2.24) is 10.6 Å². The number of hydrogen-bond donors (Lipinski definition) is 2. The molecule has 1 saturated heterocycles. The smallest absolute Gasteiger partial charge is 0.387 e. The summed E-state index contributed by atoms with van der Waals surface area (Å²) in [7, 11) is 1.33. The van der Waals surface area contributed by atoms with E-state index in [1.54, 1.807) is 0 Å². The Morgan fingerprint density at radius 2 is 2.14 bits per heavy atom. The standard InChI is InChI=1S/C13H16F2N2O3.ClH/c1-19-11-4-9(2-3-10(11)20-13(14)15)12(18)17-7-8-5-16-6-8;/h2-4,8,13,16H,5-7H2,1H3,(H,17,18);1H. The average molecular weight is 323 g/mol. The van der Waals surface area contributed by atoms with Crippen LogP contribution in [0.5, 0.6) is 11.5 Å². The molecule has 0 saturated carbocycles. The van der Waals surface area contributed by atoms with Crippen molar-refractivity contribution in [3.63, 3.8) is 0 Å². The Morgan fingerprint density at radius 1 is 1.43 bits per heavy atom. The van der Waals surface area contributed by atoms with Gasteiger partial charge in [-0.1, -0.05) is 0 Å². The lowest BCUT2D eigenvalue weighted by Gasteiger charge is -2.27. The summed E-state index contributed by atoms with van der Waals surface area (Å²) in [6.07, 6.45) is 0. The first-order chi connectivity index (χ1) is 9.60. The SMILES string of the molecule is COc1cc(C(=O)NCC2CNC2)ccc1OC(F)F.Cl. The molecule has 21 heavy (non-hydrogen) atoms. The van der Waals surface area contributed by atoms with Crippen molar-refractivity contribution < 1.29 is 23.0 Å². The summed E-state index contributed by atoms with van der Waals surface area (Å²) < 4.78 is 33.6. The van der Waals surface area contributed by atoms with Gasteiger partial charge in [0.05, 0.1) is 7.11 Å². The van der Waals surface area contributed by atoms with Crippen LogP contribution in [0, 0.1) is 5.92 Å². The number of carbonyl (C=O) groups excluding carboxylic acids is 1. The van der Waals surface area contributed by atoms with Crippen molar-refractivity contribution in [3.8, 4) is 11.5 Å². The molecule has 0 radical (unpaired) electrons. The lowest BCUT2D eigenvalue weighted by Crippen LogP contribution is -2.48. The van der Waals surface area contributed by atoms with Crippen LogP contribution in [0.25, 0.3) is 0 Å². The van der Waals surface area contributed by atoms with Crippen molar-refractivity contribution >= 4 is 18.3 Å². The normalized spacial score (nSPS) is 14.1. The molecule has 118 valence electrons. The highest BCUT2D eigenvalue weighted by molar-refractivity contribution is 5.94. The molecule has 0 aliphatic carbocycles. The number of rotatable bonds is 6. The first-order valence-corrected chi connectivity index (χ1v) is 6.22. The number of methoxy groups -OCH3 is 1. The molecule has 0 bridgehead atoms.